The lowest BCUT2D eigenvalue weighted by Crippen LogP contribution is -1.94. The molecule has 2 aromatic rings. The van der Waals surface area contributed by atoms with E-state index >= 15 is 0 Å². The largest absolute Gasteiger partial charge is 0.506 e. The third kappa shape index (κ3) is 2.79. The number of ketones is 1. The quantitative estimate of drug-likeness (QED) is 0.492. The maximum Gasteiger partial charge on any atom is 0.222 e. The summed E-state index contributed by atoms with van der Waals surface area (Å²) in [5.41, 5.74) is 0.539. The SMILES string of the molecule is Cc1ccc(C(=O)C=CNc2ccccc2O)o1. The summed E-state index contributed by atoms with van der Waals surface area (Å²) in [6, 6.07) is 10.1. The van der Waals surface area contributed by atoms with E-state index in [0.29, 0.717) is 17.2 Å². The molecule has 2 N–H and O–H groups in total. The van der Waals surface area contributed by atoms with Gasteiger partial charge in [0.2, 0.25) is 5.78 Å². The Morgan fingerprint density at radius 3 is 2.72 bits per heavy atom. The molecule has 1 aromatic carbocycles. The van der Waals surface area contributed by atoms with Crippen LogP contribution in [0.25, 0.3) is 0 Å². The molecule has 0 saturated carbocycles. The minimum absolute atomic E-state index is 0.128. The first-order valence-corrected chi connectivity index (χ1v) is 5.48. The number of nitrogens with one attached hydrogen (secondary N) is 1. The van der Waals surface area contributed by atoms with E-state index < -0.39 is 0 Å². The topological polar surface area (TPSA) is 62.5 Å². The summed E-state index contributed by atoms with van der Waals surface area (Å²) in [6.45, 7) is 1.78. The highest BCUT2D eigenvalue weighted by molar-refractivity contribution is 6.02. The predicted molar refractivity (Wildman–Crippen MR) is 68.6 cm³/mol. The maximum atomic E-state index is 11.7. The lowest BCUT2D eigenvalue weighted by Gasteiger charge is -2.02. The third-order valence-electron chi connectivity index (χ3n) is 2.36. The zero-order valence-electron chi connectivity index (χ0n) is 9.88. The molecule has 0 radical (unpaired) electrons. The van der Waals surface area contributed by atoms with Crippen molar-refractivity contribution in [1.82, 2.24) is 0 Å². The fourth-order valence-electron chi connectivity index (χ4n) is 1.45. The predicted octanol–water partition coefficient (Wildman–Crippen LogP) is 3.10. The maximum absolute atomic E-state index is 11.7. The van der Waals surface area contributed by atoms with Crippen LogP contribution in [0.5, 0.6) is 5.75 Å². The number of phenols is 1. The number of phenolic OH excluding ortho intramolecular Hbond substituents is 1. The van der Waals surface area contributed by atoms with Gasteiger partial charge in [-0.3, -0.25) is 4.79 Å². The number of aryl methyl sites for hydroxylation is 1. The minimum Gasteiger partial charge on any atom is -0.506 e. The second-order valence-electron chi connectivity index (χ2n) is 3.77. The van der Waals surface area contributed by atoms with Gasteiger partial charge in [0.15, 0.2) is 5.76 Å². The van der Waals surface area contributed by atoms with Crippen molar-refractivity contribution >= 4 is 11.5 Å². The van der Waals surface area contributed by atoms with E-state index in [9.17, 15) is 9.90 Å². The minimum atomic E-state index is -0.231. The molecule has 18 heavy (non-hydrogen) atoms. The smallest absolute Gasteiger partial charge is 0.222 e. The van der Waals surface area contributed by atoms with Crippen LogP contribution in [0, 0.1) is 6.92 Å². The van der Waals surface area contributed by atoms with Crippen LogP contribution in [0.2, 0.25) is 0 Å². The van der Waals surface area contributed by atoms with E-state index in [1.165, 1.54) is 12.3 Å². The monoisotopic (exact) mass is 243 g/mol. The van der Waals surface area contributed by atoms with Crippen LogP contribution < -0.4 is 5.32 Å². The lowest BCUT2D eigenvalue weighted by molar-refractivity contribution is 0.102. The molecule has 0 bridgehead atoms. The van der Waals surface area contributed by atoms with Gasteiger partial charge in [0.1, 0.15) is 11.5 Å². The van der Waals surface area contributed by atoms with E-state index in [-0.39, 0.29) is 11.5 Å². The Hall–Kier alpha value is -2.49. The van der Waals surface area contributed by atoms with Gasteiger partial charge in [-0.25, -0.2) is 0 Å². The van der Waals surface area contributed by atoms with Gasteiger partial charge >= 0.3 is 0 Å². The molecule has 0 atom stereocenters. The van der Waals surface area contributed by atoms with Gasteiger partial charge in [-0.15, -0.1) is 0 Å². The molecule has 1 aromatic heterocycles. The van der Waals surface area contributed by atoms with E-state index in [4.69, 9.17) is 4.42 Å². The number of carbonyl (C=O) groups is 1. The van der Waals surface area contributed by atoms with E-state index in [1.54, 1.807) is 43.3 Å². The summed E-state index contributed by atoms with van der Waals surface area (Å²) < 4.78 is 5.19. The Morgan fingerprint density at radius 1 is 1.28 bits per heavy atom. The summed E-state index contributed by atoms with van der Waals surface area (Å²) in [5.74, 6) is 0.887. The molecule has 4 nitrogen and oxygen atoms in total. The van der Waals surface area contributed by atoms with Crippen LogP contribution in [0.4, 0.5) is 5.69 Å². The Labute approximate surface area is 105 Å². The Balaban J connectivity index is 2.00. The molecule has 0 saturated heterocycles. The number of hydrogen-bond donors (Lipinski definition) is 2. The number of aromatic hydroxyl groups is 1. The number of anilines is 1. The zero-order chi connectivity index (χ0) is 13.0. The molecule has 0 amide bonds. The standard InChI is InChI=1S/C14H13NO3/c1-10-6-7-14(18-10)13(17)8-9-15-11-4-2-3-5-12(11)16/h2-9,15-16H,1H3. The number of rotatable bonds is 4. The number of carbonyl (C=O) groups excluding carboxylic acids is 1. The number of allylic oxidation sites excluding steroid dienone is 1. The van der Waals surface area contributed by atoms with Crippen molar-refractivity contribution in [1.29, 1.82) is 0 Å². The Bertz CT molecular complexity index is 584. The van der Waals surface area contributed by atoms with Crippen molar-refractivity contribution in [2.45, 2.75) is 6.92 Å². The molecule has 0 aliphatic rings. The molecule has 0 unspecified atom stereocenters. The van der Waals surface area contributed by atoms with Gasteiger partial charge in [0.25, 0.3) is 0 Å². The van der Waals surface area contributed by atoms with Crippen LogP contribution in [-0.4, -0.2) is 10.9 Å². The van der Waals surface area contributed by atoms with E-state index in [0.717, 1.165) is 0 Å². The normalized spacial score (nSPS) is 10.7. The van der Waals surface area contributed by atoms with Gasteiger partial charge in [0.05, 0.1) is 5.69 Å². The van der Waals surface area contributed by atoms with Gasteiger partial charge in [-0.05, 0) is 31.2 Å². The van der Waals surface area contributed by atoms with Crippen LogP contribution >= 0.6 is 0 Å². The summed E-state index contributed by atoms with van der Waals surface area (Å²) in [6.07, 6.45) is 2.82. The molecule has 4 heteroatoms. The summed E-state index contributed by atoms with van der Waals surface area (Å²) >= 11 is 0. The van der Waals surface area contributed by atoms with Crippen molar-refractivity contribution in [3.05, 3.63) is 60.2 Å². The second kappa shape index (κ2) is 5.23. The highest BCUT2D eigenvalue weighted by Gasteiger charge is 2.05. The van der Waals surface area contributed by atoms with Crippen molar-refractivity contribution in [2.75, 3.05) is 5.32 Å². The molecule has 0 aliphatic heterocycles. The van der Waals surface area contributed by atoms with Crippen molar-refractivity contribution in [2.24, 2.45) is 0 Å². The molecular weight excluding hydrogens is 230 g/mol. The van der Waals surface area contributed by atoms with Crippen LogP contribution in [-0.2, 0) is 0 Å². The number of furan rings is 1. The van der Waals surface area contributed by atoms with Crippen molar-refractivity contribution in [3.8, 4) is 5.75 Å². The zero-order valence-corrected chi connectivity index (χ0v) is 9.88. The summed E-state index contributed by atoms with van der Waals surface area (Å²) in [4.78, 5) is 11.7. The first kappa shape index (κ1) is 12.0. The van der Waals surface area contributed by atoms with Gasteiger partial charge in [-0.1, -0.05) is 12.1 Å². The number of para-hydroxylation sites is 2. The fraction of sp³-hybridized carbons (Fsp3) is 0.0714. The molecule has 92 valence electrons. The number of hydrogen-bond acceptors (Lipinski definition) is 4. The second-order valence-corrected chi connectivity index (χ2v) is 3.77. The van der Waals surface area contributed by atoms with Crippen LogP contribution in [0.3, 0.4) is 0 Å². The van der Waals surface area contributed by atoms with Crippen molar-refractivity contribution < 1.29 is 14.3 Å². The van der Waals surface area contributed by atoms with Crippen LogP contribution in [0.1, 0.15) is 16.3 Å². The number of benzene rings is 1. The Morgan fingerprint density at radius 2 is 2.06 bits per heavy atom. The lowest BCUT2D eigenvalue weighted by atomic mass is 10.3. The van der Waals surface area contributed by atoms with E-state index in [1.807, 2.05) is 0 Å². The average Bonchev–Trinajstić information content (AvgIpc) is 2.78. The van der Waals surface area contributed by atoms with E-state index in [2.05, 4.69) is 5.32 Å². The summed E-state index contributed by atoms with van der Waals surface area (Å²) in [7, 11) is 0. The van der Waals surface area contributed by atoms with Gasteiger partial charge in [-0.2, -0.15) is 0 Å². The van der Waals surface area contributed by atoms with Crippen molar-refractivity contribution in [3.63, 3.8) is 0 Å². The molecule has 0 fully saturated rings. The highest BCUT2D eigenvalue weighted by atomic mass is 16.3. The van der Waals surface area contributed by atoms with Crippen LogP contribution in [0.15, 0.2) is 53.1 Å². The first-order chi connectivity index (χ1) is 8.66. The molecule has 0 spiro atoms. The molecule has 1 heterocycles. The summed E-state index contributed by atoms with van der Waals surface area (Å²) in [5, 5.41) is 12.3. The third-order valence-corrected chi connectivity index (χ3v) is 2.36. The average molecular weight is 243 g/mol. The molecule has 2 rings (SSSR count). The first-order valence-electron chi connectivity index (χ1n) is 5.48. The highest BCUT2D eigenvalue weighted by Crippen LogP contribution is 2.21. The van der Waals surface area contributed by atoms with Gasteiger partial charge in [0, 0.05) is 12.3 Å². The molecule has 0 aliphatic carbocycles. The molecular formula is C14H13NO3. The fourth-order valence-corrected chi connectivity index (χ4v) is 1.45. The van der Waals surface area contributed by atoms with Gasteiger partial charge < -0.3 is 14.8 Å². The Kier molecular flexibility index (Phi) is 3.48.